The number of benzene rings is 2. The molecule has 1 saturated heterocycles. The number of hydrogen-bond donors (Lipinski definition) is 3. The molecule has 2 unspecified atom stereocenters. The van der Waals surface area contributed by atoms with Crippen LogP contribution in [0.15, 0.2) is 41.2 Å². The van der Waals surface area contributed by atoms with Crippen LogP contribution in [-0.2, 0) is 11.2 Å². The molecule has 0 radical (unpaired) electrons. The van der Waals surface area contributed by atoms with Crippen molar-refractivity contribution >= 4 is 46.4 Å². The van der Waals surface area contributed by atoms with Crippen LogP contribution in [0.1, 0.15) is 50.7 Å². The van der Waals surface area contributed by atoms with E-state index in [9.17, 15) is 9.59 Å². The minimum absolute atomic E-state index is 0.00769. The lowest BCUT2D eigenvalue weighted by atomic mass is 10.1. The van der Waals surface area contributed by atoms with Gasteiger partial charge in [-0.25, -0.2) is 9.67 Å². The molecule has 0 bridgehead atoms. The standard InChI is InChI=1S/C29H32Cl3N7O2/c1-15(2)26-25-28(39(37-26)27-21(31)10-19(30)11-22(27)32)35-23(36-29(25)41)9-18-5-7-20(8-6-18)34-24(40)14-38-13-16(3)33-12-17(38)4/h5-8,10-11,15-17,33,37H,9,12-14H2,1-4H3,(H,34,40). The van der Waals surface area contributed by atoms with Crippen molar-refractivity contribution in [1.82, 2.24) is 30.0 Å². The molecule has 0 saturated carbocycles. The first-order valence-electron chi connectivity index (χ1n) is 13.5. The van der Waals surface area contributed by atoms with Crippen molar-refractivity contribution in [1.29, 1.82) is 0 Å². The van der Waals surface area contributed by atoms with Crippen LogP contribution in [0.25, 0.3) is 17.1 Å². The average molecular weight is 617 g/mol. The fraction of sp³-hybridized carbons (Fsp3) is 0.379. The fourth-order valence-electron chi connectivity index (χ4n) is 5.10. The zero-order valence-corrected chi connectivity index (χ0v) is 25.5. The normalized spacial score (nSPS) is 17.9. The molecule has 3 heterocycles. The Balaban J connectivity index is 1.38. The number of fused-ring (bicyclic) bond motifs is 1. The summed E-state index contributed by atoms with van der Waals surface area (Å²) in [6, 6.07) is 11.3. The molecule has 0 aromatic heterocycles. The van der Waals surface area contributed by atoms with Crippen LogP contribution in [0.2, 0.25) is 15.1 Å². The summed E-state index contributed by atoms with van der Waals surface area (Å²) in [5.74, 6) is 0.674. The first-order chi connectivity index (χ1) is 19.5. The quantitative estimate of drug-likeness (QED) is 0.258. The third-order valence-corrected chi connectivity index (χ3v) is 8.03. The number of nitrogens with one attached hydrogen (secondary N) is 3. The molecular formula is C29H32Cl3N7O2. The van der Waals surface area contributed by atoms with E-state index in [1.807, 2.05) is 38.1 Å². The molecule has 2 atom stereocenters. The third kappa shape index (κ3) is 6.44. The lowest BCUT2D eigenvalue weighted by Gasteiger charge is -2.36. The molecule has 216 valence electrons. The van der Waals surface area contributed by atoms with Gasteiger partial charge in [-0.2, -0.15) is 4.98 Å². The second kappa shape index (κ2) is 12.1. The Hall–Kier alpha value is -2.95. The van der Waals surface area contributed by atoms with Crippen LogP contribution in [0.3, 0.4) is 0 Å². The van der Waals surface area contributed by atoms with Gasteiger partial charge in [0, 0.05) is 42.3 Å². The van der Waals surface area contributed by atoms with Crippen molar-refractivity contribution in [2.45, 2.75) is 52.1 Å². The van der Waals surface area contributed by atoms with Crippen LogP contribution in [0.4, 0.5) is 5.69 Å². The summed E-state index contributed by atoms with van der Waals surface area (Å²) in [7, 11) is 0. The number of hydrogen-bond acceptors (Lipinski definition) is 6. The summed E-state index contributed by atoms with van der Waals surface area (Å²) in [5, 5.41) is 10.7. The van der Waals surface area contributed by atoms with E-state index < -0.39 is 0 Å². The first-order valence-corrected chi connectivity index (χ1v) is 14.7. The van der Waals surface area contributed by atoms with E-state index >= 15 is 0 Å². The highest BCUT2D eigenvalue weighted by Gasteiger charge is 2.27. The Morgan fingerprint density at radius 1 is 1.10 bits per heavy atom. The van der Waals surface area contributed by atoms with Crippen LogP contribution in [-0.4, -0.2) is 62.3 Å². The topological polar surface area (TPSA) is 108 Å². The zero-order valence-electron chi connectivity index (χ0n) is 23.3. The number of aromatic nitrogens is 4. The highest BCUT2D eigenvalue weighted by molar-refractivity contribution is 6.40. The van der Waals surface area contributed by atoms with Gasteiger partial charge in [0.25, 0.3) is 5.56 Å². The van der Waals surface area contributed by atoms with Gasteiger partial charge in [0.2, 0.25) is 5.91 Å². The number of piperazine rings is 1. The van der Waals surface area contributed by atoms with Crippen molar-refractivity contribution in [2.75, 3.05) is 25.0 Å². The first kappa shape index (κ1) is 29.5. The number of anilines is 1. The molecule has 5 rings (SSSR count). The monoisotopic (exact) mass is 615 g/mol. The smallest absolute Gasteiger partial charge is 0.284 e. The molecular weight excluding hydrogens is 585 g/mol. The van der Waals surface area contributed by atoms with Gasteiger partial charge in [-0.1, -0.05) is 60.8 Å². The lowest BCUT2D eigenvalue weighted by Crippen LogP contribution is -2.55. The Morgan fingerprint density at radius 3 is 2.44 bits per heavy atom. The van der Waals surface area contributed by atoms with E-state index in [4.69, 9.17) is 39.8 Å². The van der Waals surface area contributed by atoms with Crippen molar-refractivity contribution in [3.8, 4) is 17.1 Å². The third-order valence-electron chi connectivity index (χ3n) is 7.24. The Kier molecular flexibility index (Phi) is 8.73. The SMILES string of the molecule is CC1CN(CC(=O)Nc2ccc(Cc3nc4n(-c5c(Cl)cc(Cl)cc5Cl)[nH]c(C(C)C)c-4c(=O)n3)cc2)C(C)CN1. The van der Waals surface area contributed by atoms with Crippen molar-refractivity contribution in [3.05, 3.63) is 78.9 Å². The van der Waals surface area contributed by atoms with Gasteiger partial charge in [-0.3, -0.25) is 19.6 Å². The molecule has 0 aliphatic carbocycles. The van der Waals surface area contributed by atoms with Gasteiger partial charge in [-0.05, 0) is 49.6 Å². The van der Waals surface area contributed by atoms with Gasteiger partial charge < -0.3 is 10.6 Å². The average Bonchev–Trinajstić information content (AvgIpc) is 3.27. The molecule has 3 N–H and O–H groups in total. The number of nitrogens with zero attached hydrogens (tertiary/aromatic N) is 4. The van der Waals surface area contributed by atoms with E-state index in [1.54, 1.807) is 16.8 Å². The van der Waals surface area contributed by atoms with Crippen molar-refractivity contribution in [3.63, 3.8) is 0 Å². The lowest BCUT2D eigenvalue weighted by molar-refractivity contribution is -0.118. The minimum Gasteiger partial charge on any atom is -0.325 e. The number of H-pyrrole nitrogens is 1. The van der Waals surface area contributed by atoms with E-state index in [0.29, 0.717) is 74.4 Å². The maximum atomic E-state index is 13.2. The summed E-state index contributed by atoms with van der Waals surface area (Å²) >= 11 is 19.2. The van der Waals surface area contributed by atoms with Crippen LogP contribution < -0.4 is 16.2 Å². The fourth-order valence-corrected chi connectivity index (χ4v) is 6.08. The molecule has 9 nitrogen and oxygen atoms in total. The number of rotatable bonds is 7. The number of carbonyl (C=O) groups excluding carboxylic acids is 1. The molecule has 41 heavy (non-hydrogen) atoms. The largest absolute Gasteiger partial charge is 0.325 e. The van der Waals surface area contributed by atoms with Crippen LogP contribution >= 0.6 is 34.8 Å². The van der Waals surface area contributed by atoms with E-state index in [2.05, 4.69) is 39.5 Å². The van der Waals surface area contributed by atoms with Crippen LogP contribution in [0, 0.1) is 0 Å². The Bertz CT molecular complexity index is 1580. The zero-order chi connectivity index (χ0) is 29.4. The predicted octanol–water partition coefficient (Wildman–Crippen LogP) is 5.36. The van der Waals surface area contributed by atoms with Crippen molar-refractivity contribution in [2.24, 2.45) is 0 Å². The van der Waals surface area contributed by atoms with Gasteiger partial charge in [-0.15, -0.1) is 0 Å². The summed E-state index contributed by atoms with van der Waals surface area (Å²) in [6.07, 6.45) is 0.319. The summed E-state index contributed by atoms with van der Waals surface area (Å²) in [5.41, 5.74) is 2.72. The second-order valence-corrected chi connectivity index (χ2v) is 12.1. The van der Waals surface area contributed by atoms with E-state index in [0.717, 1.165) is 18.7 Å². The van der Waals surface area contributed by atoms with Gasteiger partial charge in [0.05, 0.1) is 22.3 Å². The molecule has 2 aromatic carbocycles. The Labute approximate surface area is 253 Å². The molecule has 1 amide bonds. The molecule has 2 aromatic rings. The molecule has 1 fully saturated rings. The molecule has 12 heteroatoms. The molecule has 3 aliphatic heterocycles. The Morgan fingerprint density at radius 2 is 1.78 bits per heavy atom. The number of halogens is 3. The molecule has 3 aliphatic rings. The van der Waals surface area contributed by atoms with E-state index in [-0.39, 0.29) is 17.4 Å². The van der Waals surface area contributed by atoms with E-state index in [1.165, 1.54) is 0 Å². The highest BCUT2D eigenvalue weighted by atomic mass is 35.5. The number of amides is 1. The summed E-state index contributed by atoms with van der Waals surface area (Å²) < 4.78 is 1.62. The van der Waals surface area contributed by atoms with Crippen LogP contribution in [0.5, 0.6) is 0 Å². The summed E-state index contributed by atoms with van der Waals surface area (Å²) in [4.78, 5) is 37.1. The maximum absolute atomic E-state index is 13.2. The predicted molar refractivity (Wildman–Crippen MR) is 164 cm³/mol. The minimum atomic E-state index is -0.384. The number of carbonyl (C=O) groups is 1. The maximum Gasteiger partial charge on any atom is 0.284 e. The second-order valence-electron chi connectivity index (χ2n) is 10.9. The summed E-state index contributed by atoms with van der Waals surface area (Å²) in [6.45, 7) is 10.2. The highest BCUT2D eigenvalue weighted by Crippen LogP contribution is 2.36. The molecule has 0 spiro atoms. The van der Waals surface area contributed by atoms with Gasteiger partial charge >= 0.3 is 0 Å². The van der Waals surface area contributed by atoms with Gasteiger partial charge in [0.1, 0.15) is 17.1 Å². The van der Waals surface area contributed by atoms with Gasteiger partial charge in [0.15, 0.2) is 5.82 Å². The number of aromatic amines is 1. The van der Waals surface area contributed by atoms with Crippen molar-refractivity contribution < 1.29 is 4.79 Å².